The summed E-state index contributed by atoms with van der Waals surface area (Å²) in [6.07, 6.45) is 14.3. The molecule has 1 atom stereocenters. The molecule has 0 saturated heterocycles. The minimum atomic E-state index is 0.191. The third-order valence-corrected chi connectivity index (χ3v) is 2.18. The maximum Gasteiger partial charge on any atom is 0.0953 e. The number of allylic oxidation sites excluding steroid dienone is 5. The van der Waals surface area contributed by atoms with E-state index in [2.05, 4.69) is 35.8 Å². The number of rotatable bonds is 0. The van der Waals surface area contributed by atoms with Gasteiger partial charge in [-0.25, -0.2) is 0 Å². The first-order valence-corrected chi connectivity index (χ1v) is 4.09. The molecule has 0 amide bonds. The molecule has 0 radical (unpaired) electrons. The SMILES string of the molecule is SC1C=CC=C2C=CC=CN21. The molecule has 2 heteroatoms. The van der Waals surface area contributed by atoms with Gasteiger partial charge in [-0.2, -0.15) is 12.6 Å². The molecule has 0 spiro atoms. The van der Waals surface area contributed by atoms with Crippen LogP contribution in [0, 0.1) is 0 Å². The Hall–Kier alpha value is -0.890. The fraction of sp³-hybridized carbons (Fsp3) is 0.111. The standard InChI is InChI=1S/C9H9NS/c11-9-6-3-5-8-4-1-2-7-10(8)9/h1-7,9,11H. The minimum Gasteiger partial charge on any atom is -0.332 e. The van der Waals surface area contributed by atoms with Gasteiger partial charge in [-0.3, -0.25) is 0 Å². The zero-order valence-corrected chi connectivity index (χ0v) is 6.91. The van der Waals surface area contributed by atoms with Crippen molar-refractivity contribution in [3.63, 3.8) is 0 Å². The number of hydrogen-bond acceptors (Lipinski definition) is 2. The summed E-state index contributed by atoms with van der Waals surface area (Å²) in [5.74, 6) is 0. The van der Waals surface area contributed by atoms with Crippen LogP contribution in [0.15, 0.2) is 48.4 Å². The van der Waals surface area contributed by atoms with Crippen molar-refractivity contribution in [3.05, 3.63) is 48.4 Å². The lowest BCUT2D eigenvalue weighted by Gasteiger charge is -2.29. The predicted octanol–water partition coefficient (Wildman–Crippen LogP) is 2.08. The number of thiol groups is 1. The summed E-state index contributed by atoms with van der Waals surface area (Å²) >= 11 is 4.40. The van der Waals surface area contributed by atoms with Crippen LogP contribution in [0.3, 0.4) is 0 Å². The van der Waals surface area contributed by atoms with Gasteiger partial charge in [-0.05, 0) is 18.2 Å². The van der Waals surface area contributed by atoms with Crippen molar-refractivity contribution < 1.29 is 0 Å². The average Bonchev–Trinajstić information content (AvgIpc) is 2.06. The molecule has 1 unspecified atom stereocenters. The van der Waals surface area contributed by atoms with Crippen molar-refractivity contribution in [2.75, 3.05) is 0 Å². The highest BCUT2D eigenvalue weighted by atomic mass is 32.1. The van der Waals surface area contributed by atoms with Crippen LogP contribution in [0.5, 0.6) is 0 Å². The Morgan fingerprint density at radius 2 is 2.18 bits per heavy atom. The molecule has 2 aliphatic heterocycles. The monoisotopic (exact) mass is 163 g/mol. The predicted molar refractivity (Wildman–Crippen MR) is 50.1 cm³/mol. The van der Waals surface area contributed by atoms with Crippen molar-refractivity contribution in [2.24, 2.45) is 0 Å². The third-order valence-electron chi connectivity index (χ3n) is 1.76. The number of fused-ring (bicyclic) bond motifs is 1. The molecule has 0 saturated carbocycles. The van der Waals surface area contributed by atoms with Crippen molar-refractivity contribution in [3.8, 4) is 0 Å². The zero-order chi connectivity index (χ0) is 7.68. The van der Waals surface area contributed by atoms with Crippen molar-refractivity contribution in [1.82, 2.24) is 4.90 Å². The molecule has 11 heavy (non-hydrogen) atoms. The molecule has 2 aliphatic rings. The average molecular weight is 163 g/mol. The molecule has 0 N–H and O–H groups in total. The number of nitrogens with zero attached hydrogens (tertiary/aromatic N) is 1. The topological polar surface area (TPSA) is 3.24 Å². The van der Waals surface area contributed by atoms with Crippen LogP contribution in [0.4, 0.5) is 0 Å². The summed E-state index contributed by atoms with van der Waals surface area (Å²) in [4.78, 5) is 2.11. The molecule has 0 fully saturated rings. The smallest absolute Gasteiger partial charge is 0.0953 e. The summed E-state index contributed by atoms with van der Waals surface area (Å²) in [6.45, 7) is 0. The van der Waals surface area contributed by atoms with Gasteiger partial charge in [-0.1, -0.05) is 18.2 Å². The second-order valence-electron chi connectivity index (χ2n) is 2.50. The molecule has 1 nitrogen and oxygen atoms in total. The van der Waals surface area contributed by atoms with Gasteiger partial charge in [0.15, 0.2) is 0 Å². The van der Waals surface area contributed by atoms with Crippen LogP contribution in [0.2, 0.25) is 0 Å². The molecule has 2 heterocycles. The highest BCUT2D eigenvalue weighted by Gasteiger charge is 2.14. The van der Waals surface area contributed by atoms with Crippen LogP contribution >= 0.6 is 12.6 Å². The summed E-state index contributed by atoms with van der Waals surface area (Å²) in [5, 5.41) is 0.191. The van der Waals surface area contributed by atoms with Gasteiger partial charge in [0.1, 0.15) is 0 Å². The normalized spacial score (nSPS) is 26.8. The van der Waals surface area contributed by atoms with Gasteiger partial charge < -0.3 is 4.90 Å². The Kier molecular flexibility index (Phi) is 1.62. The van der Waals surface area contributed by atoms with Gasteiger partial charge in [0.05, 0.1) is 5.37 Å². The molecule has 0 aromatic carbocycles. The van der Waals surface area contributed by atoms with E-state index in [1.54, 1.807) is 0 Å². The van der Waals surface area contributed by atoms with Gasteiger partial charge in [-0.15, -0.1) is 0 Å². The summed E-state index contributed by atoms with van der Waals surface area (Å²) in [7, 11) is 0. The molecule has 0 bridgehead atoms. The van der Waals surface area contributed by atoms with E-state index < -0.39 is 0 Å². The molecule has 0 aromatic heterocycles. The fourth-order valence-corrected chi connectivity index (χ4v) is 1.51. The highest BCUT2D eigenvalue weighted by molar-refractivity contribution is 7.81. The molecular formula is C9H9NS. The maximum absolute atomic E-state index is 4.40. The maximum atomic E-state index is 4.40. The van der Waals surface area contributed by atoms with E-state index in [0.717, 1.165) is 0 Å². The second-order valence-corrected chi connectivity index (χ2v) is 3.03. The summed E-state index contributed by atoms with van der Waals surface area (Å²) in [5.41, 5.74) is 1.20. The third kappa shape index (κ3) is 1.14. The first kappa shape index (κ1) is 6.80. The summed E-state index contributed by atoms with van der Waals surface area (Å²) in [6, 6.07) is 0. The quantitative estimate of drug-likeness (QED) is 0.535. The van der Waals surface area contributed by atoms with Crippen molar-refractivity contribution in [2.45, 2.75) is 5.37 Å². The fourth-order valence-electron chi connectivity index (χ4n) is 1.20. The molecule has 56 valence electrons. The lowest BCUT2D eigenvalue weighted by atomic mass is 10.2. The molecule has 0 aliphatic carbocycles. The summed E-state index contributed by atoms with van der Waals surface area (Å²) < 4.78 is 0. The molecule has 0 aromatic rings. The lowest BCUT2D eigenvalue weighted by Crippen LogP contribution is -2.25. The van der Waals surface area contributed by atoms with Crippen LogP contribution in [-0.2, 0) is 0 Å². The Balaban J connectivity index is 2.35. The van der Waals surface area contributed by atoms with E-state index in [0.29, 0.717) is 0 Å². The van der Waals surface area contributed by atoms with Crippen molar-refractivity contribution in [1.29, 1.82) is 0 Å². The first-order chi connectivity index (χ1) is 5.38. The molecular weight excluding hydrogens is 154 g/mol. The molecule has 2 rings (SSSR count). The lowest BCUT2D eigenvalue weighted by molar-refractivity contribution is 0.494. The van der Waals surface area contributed by atoms with E-state index in [1.165, 1.54) is 5.70 Å². The Morgan fingerprint density at radius 3 is 3.00 bits per heavy atom. The van der Waals surface area contributed by atoms with E-state index in [9.17, 15) is 0 Å². The largest absolute Gasteiger partial charge is 0.332 e. The van der Waals surface area contributed by atoms with E-state index in [1.807, 2.05) is 24.4 Å². The van der Waals surface area contributed by atoms with Crippen LogP contribution in [0.1, 0.15) is 0 Å². The van der Waals surface area contributed by atoms with Crippen molar-refractivity contribution >= 4 is 12.6 Å². The highest BCUT2D eigenvalue weighted by Crippen LogP contribution is 2.22. The van der Waals surface area contributed by atoms with Gasteiger partial charge in [0.2, 0.25) is 0 Å². The van der Waals surface area contributed by atoms with Gasteiger partial charge in [0, 0.05) is 11.9 Å². The Labute approximate surface area is 71.8 Å². The second kappa shape index (κ2) is 2.62. The zero-order valence-electron chi connectivity index (χ0n) is 6.01. The number of hydrogen-bond donors (Lipinski definition) is 1. The van der Waals surface area contributed by atoms with E-state index in [4.69, 9.17) is 0 Å². The van der Waals surface area contributed by atoms with E-state index in [-0.39, 0.29) is 5.37 Å². The van der Waals surface area contributed by atoms with Gasteiger partial charge >= 0.3 is 0 Å². The van der Waals surface area contributed by atoms with Crippen LogP contribution in [-0.4, -0.2) is 10.3 Å². The Bertz CT molecular complexity index is 273. The van der Waals surface area contributed by atoms with E-state index >= 15 is 0 Å². The van der Waals surface area contributed by atoms with Crippen LogP contribution < -0.4 is 0 Å². The van der Waals surface area contributed by atoms with Gasteiger partial charge in [0.25, 0.3) is 0 Å². The minimum absolute atomic E-state index is 0.191. The van der Waals surface area contributed by atoms with Crippen LogP contribution in [0.25, 0.3) is 0 Å². The Morgan fingerprint density at radius 1 is 1.27 bits per heavy atom. The first-order valence-electron chi connectivity index (χ1n) is 3.58.